The van der Waals surface area contributed by atoms with Crippen LogP contribution in [0.5, 0.6) is 0 Å². The van der Waals surface area contributed by atoms with Crippen LogP contribution in [-0.2, 0) is 19.3 Å². The summed E-state index contributed by atoms with van der Waals surface area (Å²) in [6.07, 6.45) is 1.22. The van der Waals surface area contributed by atoms with E-state index in [1.54, 1.807) is 0 Å². The fourth-order valence-corrected chi connectivity index (χ4v) is 20.6. The van der Waals surface area contributed by atoms with Crippen LogP contribution in [0.15, 0.2) is 121 Å². The van der Waals surface area contributed by atoms with E-state index in [4.69, 9.17) is 0 Å². The van der Waals surface area contributed by atoms with Crippen molar-refractivity contribution in [2.45, 2.75) is 24.2 Å². The van der Waals surface area contributed by atoms with Crippen LogP contribution in [0.1, 0.15) is 30.0 Å². The molecule has 2 fully saturated rings. The molecule has 4 nitrogen and oxygen atoms in total. The van der Waals surface area contributed by atoms with Gasteiger partial charge >= 0.3 is 0 Å². The lowest BCUT2D eigenvalue weighted by Crippen LogP contribution is -2.41. The van der Waals surface area contributed by atoms with E-state index in [1.807, 2.05) is 97.1 Å². The van der Waals surface area contributed by atoms with E-state index in [-0.39, 0.29) is 11.8 Å². The van der Waals surface area contributed by atoms with Gasteiger partial charge in [-0.15, -0.1) is 0 Å². The predicted molar refractivity (Wildman–Crippen MR) is 164 cm³/mol. The summed E-state index contributed by atoms with van der Waals surface area (Å²) in [5.41, 5.74) is 3.79. The quantitative estimate of drug-likeness (QED) is 0.176. The van der Waals surface area contributed by atoms with Gasteiger partial charge in [-0.1, -0.05) is 116 Å². The van der Waals surface area contributed by atoms with Crippen molar-refractivity contribution in [3.8, 4) is 0 Å². The summed E-state index contributed by atoms with van der Waals surface area (Å²) in [5.74, 6) is -1.15. The third-order valence-corrected chi connectivity index (χ3v) is 19.2. The van der Waals surface area contributed by atoms with Crippen LogP contribution in [-0.4, -0.2) is 23.6 Å². The lowest BCUT2D eigenvalue weighted by atomic mass is 9.74. The van der Waals surface area contributed by atoms with Gasteiger partial charge < -0.3 is 4.57 Å². The van der Waals surface area contributed by atoms with Crippen LogP contribution in [0.4, 0.5) is 5.69 Å². The maximum atomic E-state index is 16.0. The average Bonchev–Trinajstić information content (AvgIpc) is 3.50. The highest BCUT2D eigenvalue weighted by molar-refractivity contribution is 8.39. The van der Waals surface area contributed by atoms with Crippen molar-refractivity contribution in [1.29, 1.82) is 0 Å². The first-order valence-corrected chi connectivity index (χ1v) is 17.8. The molecule has 0 aliphatic carbocycles. The standard InChI is InChI=1S/C34H29NO3P2/c1-2-23-40(38)34(26-19-11-5-12-20-26)28(24-15-7-3-8-16-24)30(25-17-9-4-10-18-25)39(40)31-29(34)32(36)35(33(31)37)27-21-13-6-14-22-27/h3-22,29,31H,2,23H2,1H3/t29-,31+,34+,39?,40?/m0/s1. The van der Waals surface area contributed by atoms with E-state index < -0.39 is 31.2 Å². The Balaban J connectivity index is 1.62. The van der Waals surface area contributed by atoms with Crippen molar-refractivity contribution in [1.82, 2.24) is 0 Å². The number of allylic oxidation sites excluding steroid dienone is 1. The van der Waals surface area contributed by atoms with Crippen molar-refractivity contribution in [3.63, 3.8) is 0 Å². The number of hydrogen-bond donors (Lipinski definition) is 0. The molecule has 40 heavy (non-hydrogen) atoms. The number of carbonyl (C=O) groups excluding carboxylic acids is 2. The Bertz CT molecular complexity index is 1690. The van der Waals surface area contributed by atoms with Crippen LogP contribution in [0.2, 0.25) is 0 Å². The molecular weight excluding hydrogens is 532 g/mol. The number of imide groups is 1. The minimum Gasteiger partial charge on any atom is -0.317 e. The van der Waals surface area contributed by atoms with Gasteiger partial charge in [0.05, 0.1) is 22.4 Å². The smallest absolute Gasteiger partial charge is 0.242 e. The molecule has 2 amide bonds. The van der Waals surface area contributed by atoms with Gasteiger partial charge in [-0.05, 0) is 46.1 Å². The Kier molecular flexibility index (Phi) is 6.04. The second-order valence-electron chi connectivity index (χ2n) is 10.6. The molecule has 2 saturated heterocycles. The van der Waals surface area contributed by atoms with Crippen LogP contribution in [0, 0.1) is 5.92 Å². The molecule has 0 spiro atoms. The first-order chi connectivity index (χ1) is 19.6. The number of carbonyl (C=O) groups is 2. The topological polar surface area (TPSA) is 54.5 Å². The summed E-state index contributed by atoms with van der Waals surface area (Å²) in [5, 5.41) is -0.0524. The zero-order valence-corrected chi connectivity index (χ0v) is 24.0. The largest absolute Gasteiger partial charge is 0.317 e. The number of rotatable bonds is 6. The second-order valence-corrected chi connectivity index (χ2v) is 18.1. The fraction of sp³-hybridized carbons (Fsp3) is 0.176. The van der Waals surface area contributed by atoms with E-state index in [0.717, 1.165) is 34.0 Å². The summed E-state index contributed by atoms with van der Waals surface area (Å²) < 4.78 is 16.0. The van der Waals surface area contributed by atoms with E-state index >= 15 is 4.57 Å². The first-order valence-electron chi connectivity index (χ1n) is 13.8. The van der Waals surface area contributed by atoms with Crippen molar-refractivity contribution in [2.75, 3.05) is 11.1 Å². The molecule has 3 heterocycles. The average molecular weight is 562 g/mol. The monoisotopic (exact) mass is 561 g/mol. The van der Waals surface area contributed by atoms with E-state index in [0.29, 0.717) is 11.8 Å². The maximum Gasteiger partial charge on any atom is 0.242 e. The minimum atomic E-state index is -3.19. The normalized spacial score (nSPS) is 28.8. The highest BCUT2D eigenvalue weighted by atomic mass is 32.1. The molecule has 5 atom stereocenters. The van der Waals surface area contributed by atoms with Crippen LogP contribution >= 0.6 is 14.4 Å². The van der Waals surface area contributed by atoms with Crippen molar-refractivity contribution >= 4 is 42.8 Å². The third-order valence-electron chi connectivity index (χ3n) is 8.60. The molecular formula is C34H29NO3P2. The van der Waals surface area contributed by atoms with Gasteiger partial charge in [0.15, 0.2) is 0 Å². The Morgan fingerprint density at radius 3 is 1.82 bits per heavy atom. The van der Waals surface area contributed by atoms with Gasteiger partial charge in [-0.25, -0.2) is 4.90 Å². The molecule has 0 saturated carbocycles. The summed E-state index contributed by atoms with van der Waals surface area (Å²) in [6.45, 7) is -1.12. The minimum absolute atomic E-state index is 0.206. The summed E-state index contributed by atoms with van der Waals surface area (Å²) in [6, 6.07) is 39.4. The van der Waals surface area contributed by atoms with Gasteiger partial charge in [-0.2, -0.15) is 0 Å². The second kappa shape index (κ2) is 9.51. The molecule has 0 radical (unpaired) electrons. The summed E-state index contributed by atoms with van der Waals surface area (Å²) >= 11 is 0. The van der Waals surface area contributed by atoms with Crippen molar-refractivity contribution in [3.05, 3.63) is 138 Å². The van der Waals surface area contributed by atoms with Crippen molar-refractivity contribution in [2.24, 2.45) is 5.92 Å². The molecule has 4 aromatic carbocycles. The van der Waals surface area contributed by atoms with Gasteiger partial charge in [0, 0.05) is 13.8 Å². The number of benzene rings is 4. The third kappa shape index (κ3) is 3.21. The summed E-state index contributed by atoms with van der Waals surface area (Å²) in [7, 11) is -1.50. The number of para-hydroxylation sites is 1. The molecule has 3 aliphatic heterocycles. The molecule has 2 bridgehead atoms. The molecule has 198 valence electrons. The first kappa shape index (κ1) is 25.4. The molecule has 6 heteroatoms. The molecule has 0 aromatic heterocycles. The Labute approximate surface area is 235 Å². The van der Waals surface area contributed by atoms with E-state index in [9.17, 15) is 9.59 Å². The maximum absolute atomic E-state index is 16.0. The van der Waals surface area contributed by atoms with Crippen LogP contribution in [0.3, 0.4) is 0 Å². The zero-order chi connectivity index (χ0) is 27.5. The zero-order valence-electron chi connectivity index (χ0n) is 22.2. The Morgan fingerprint density at radius 1 is 0.725 bits per heavy atom. The van der Waals surface area contributed by atoms with Gasteiger partial charge in [-0.3, -0.25) is 9.59 Å². The number of anilines is 1. The van der Waals surface area contributed by atoms with Gasteiger partial charge in [0.1, 0.15) is 6.83 Å². The highest BCUT2D eigenvalue weighted by Crippen LogP contribution is 3.04. The molecule has 3 aliphatic rings. The molecule has 2 unspecified atom stereocenters. The van der Waals surface area contributed by atoms with Gasteiger partial charge in [0.25, 0.3) is 0 Å². The number of fused-ring (bicyclic) bond motifs is 5. The lowest BCUT2D eigenvalue weighted by molar-refractivity contribution is -0.122. The van der Waals surface area contributed by atoms with Crippen LogP contribution < -0.4 is 4.90 Å². The van der Waals surface area contributed by atoms with E-state index in [2.05, 4.69) is 31.2 Å². The Morgan fingerprint density at radius 2 is 1.25 bits per heavy atom. The van der Waals surface area contributed by atoms with Gasteiger partial charge in [0.2, 0.25) is 11.8 Å². The SMILES string of the molecule is CCCP1(=O)P2C(c3ccccc3)=C(c3ccccc3)[C@]1(c1ccccc1)[C@@H]1C(=O)N(c3ccccc3)C(=O)[C@@H]12. The summed E-state index contributed by atoms with van der Waals surface area (Å²) in [4.78, 5) is 30.5. The van der Waals surface area contributed by atoms with E-state index in [1.165, 1.54) is 4.90 Å². The predicted octanol–water partition coefficient (Wildman–Crippen LogP) is 8.21. The Hall–Kier alpha value is -3.58. The lowest BCUT2D eigenvalue weighted by Gasteiger charge is -2.40. The highest BCUT2D eigenvalue weighted by Gasteiger charge is 2.80. The van der Waals surface area contributed by atoms with Crippen LogP contribution in [0.25, 0.3) is 10.9 Å². The number of nitrogens with zero attached hydrogens (tertiary/aromatic N) is 1. The number of hydrogen-bond acceptors (Lipinski definition) is 3. The van der Waals surface area contributed by atoms with Crippen molar-refractivity contribution < 1.29 is 14.2 Å². The number of amides is 2. The molecule has 4 aromatic rings. The molecule has 7 rings (SSSR count). The fourth-order valence-electron chi connectivity index (χ4n) is 7.30. The molecule has 0 N–H and O–H groups in total.